The highest BCUT2D eigenvalue weighted by atomic mass is 16.5. The lowest BCUT2D eigenvalue weighted by atomic mass is 10.2. The first-order chi connectivity index (χ1) is 7.26. The number of rotatable bonds is 8. The highest BCUT2D eigenvalue weighted by molar-refractivity contribution is 5.75. The summed E-state index contributed by atoms with van der Waals surface area (Å²) >= 11 is 0. The van der Waals surface area contributed by atoms with Gasteiger partial charge in [-0.15, -0.1) is 0 Å². The van der Waals surface area contributed by atoms with Crippen LogP contribution in [0.1, 0.15) is 26.7 Å². The van der Waals surface area contributed by atoms with Crippen molar-refractivity contribution in [3.63, 3.8) is 0 Å². The molecule has 0 aromatic heterocycles. The fourth-order valence-corrected chi connectivity index (χ4v) is 1.11. The van der Waals surface area contributed by atoms with Crippen LogP contribution < -0.4 is 5.32 Å². The summed E-state index contributed by atoms with van der Waals surface area (Å²) in [7, 11) is 0. The van der Waals surface area contributed by atoms with Crippen molar-refractivity contribution in [2.45, 2.75) is 32.7 Å². The molecule has 1 unspecified atom stereocenters. The van der Waals surface area contributed by atoms with E-state index in [0.717, 1.165) is 6.42 Å². The zero-order valence-corrected chi connectivity index (χ0v) is 9.27. The average molecular weight is 214 g/mol. The van der Waals surface area contributed by atoms with Crippen molar-refractivity contribution in [1.82, 2.24) is 5.32 Å². The zero-order chi connectivity index (χ0) is 11.5. The van der Waals surface area contributed by atoms with E-state index < -0.39 is 0 Å². The summed E-state index contributed by atoms with van der Waals surface area (Å²) in [6.07, 6.45) is 1.42. The Morgan fingerprint density at radius 2 is 2.33 bits per heavy atom. The van der Waals surface area contributed by atoms with Crippen molar-refractivity contribution in [2.24, 2.45) is 5.11 Å². The molecule has 0 aliphatic rings. The first kappa shape index (κ1) is 13.7. The monoisotopic (exact) mass is 214 g/mol. The summed E-state index contributed by atoms with van der Waals surface area (Å²) in [5.41, 5.74) is 8.04. The molecule has 86 valence electrons. The molecule has 0 aliphatic carbocycles. The molecule has 0 heterocycles. The van der Waals surface area contributed by atoms with Crippen molar-refractivity contribution in [1.29, 1.82) is 0 Å². The van der Waals surface area contributed by atoms with Crippen LogP contribution in [0.3, 0.4) is 0 Å². The summed E-state index contributed by atoms with van der Waals surface area (Å²) < 4.78 is 4.89. The van der Waals surface area contributed by atoms with E-state index in [0.29, 0.717) is 26.1 Å². The Balaban J connectivity index is 3.69. The van der Waals surface area contributed by atoms with Crippen LogP contribution >= 0.6 is 0 Å². The van der Waals surface area contributed by atoms with Crippen LogP contribution in [0.15, 0.2) is 5.11 Å². The molecule has 15 heavy (non-hydrogen) atoms. The maximum atomic E-state index is 11.3. The number of hydrogen-bond acceptors (Lipinski definition) is 4. The Hall–Kier alpha value is -1.26. The van der Waals surface area contributed by atoms with Gasteiger partial charge in [-0.3, -0.25) is 4.79 Å². The number of carbonyl (C=O) groups excluding carboxylic acids is 1. The minimum Gasteiger partial charge on any atom is -0.465 e. The molecule has 0 rings (SSSR count). The summed E-state index contributed by atoms with van der Waals surface area (Å²) in [6.45, 7) is 5.20. The molecule has 0 aliphatic heterocycles. The molecule has 1 N–H and O–H groups in total. The molecule has 1 atom stereocenters. The molecule has 0 spiro atoms. The summed E-state index contributed by atoms with van der Waals surface area (Å²) in [6, 6.07) is -0.254. The van der Waals surface area contributed by atoms with Gasteiger partial charge in [0, 0.05) is 11.5 Å². The Kier molecular flexibility index (Phi) is 8.52. The Labute approximate surface area is 89.6 Å². The van der Waals surface area contributed by atoms with E-state index in [2.05, 4.69) is 15.3 Å². The van der Waals surface area contributed by atoms with Crippen LogP contribution in [0, 0.1) is 0 Å². The van der Waals surface area contributed by atoms with Gasteiger partial charge in [0.05, 0.1) is 6.61 Å². The third-order valence-electron chi connectivity index (χ3n) is 1.87. The lowest BCUT2D eigenvalue weighted by Gasteiger charge is -2.14. The van der Waals surface area contributed by atoms with E-state index in [-0.39, 0.29) is 12.0 Å². The van der Waals surface area contributed by atoms with Gasteiger partial charge in [-0.1, -0.05) is 12.0 Å². The second-order valence-corrected chi connectivity index (χ2v) is 2.98. The van der Waals surface area contributed by atoms with E-state index in [1.54, 1.807) is 6.92 Å². The molecule has 6 heteroatoms. The minimum absolute atomic E-state index is 0.219. The van der Waals surface area contributed by atoms with Crippen LogP contribution in [-0.2, 0) is 9.53 Å². The fraction of sp³-hybridized carbons (Fsp3) is 0.889. The Morgan fingerprint density at radius 1 is 1.60 bits per heavy atom. The molecular weight excluding hydrogens is 196 g/mol. The quantitative estimate of drug-likeness (QED) is 0.219. The number of azide groups is 1. The van der Waals surface area contributed by atoms with Gasteiger partial charge in [-0.05, 0) is 31.8 Å². The number of esters is 1. The molecule has 0 bridgehead atoms. The third kappa shape index (κ3) is 6.76. The molecule has 0 amide bonds. The van der Waals surface area contributed by atoms with Crippen molar-refractivity contribution in [3.8, 4) is 0 Å². The Morgan fingerprint density at radius 3 is 2.87 bits per heavy atom. The number of carbonyl (C=O) groups is 1. The Bertz CT molecular complexity index is 226. The van der Waals surface area contributed by atoms with Crippen molar-refractivity contribution < 1.29 is 9.53 Å². The van der Waals surface area contributed by atoms with Gasteiger partial charge in [0.15, 0.2) is 0 Å². The van der Waals surface area contributed by atoms with E-state index in [4.69, 9.17) is 10.3 Å². The first-order valence-corrected chi connectivity index (χ1v) is 5.17. The van der Waals surface area contributed by atoms with Crippen LogP contribution in [-0.4, -0.2) is 31.7 Å². The zero-order valence-electron chi connectivity index (χ0n) is 9.27. The van der Waals surface area contributed by atoms with Crippen LogP contribution in [0.4, 0.5) is 0 Å². The van der Waals surface area contributed by atoms with Gasteiger partial charge in [0.1, 0.15) is 6.04 Å². The number of nitrogens with zero attached hydrogens (tertiary/aromatic N) is 3. The number of nitrogens with one attached hydrogen (secondary N) is 1. The van der Waals surface area contributed by atoms with E-state index >= 15 is 0 Å². The normalized spacial score (nSPS) is 11.6. The van der Waals surface area contributed by atoms with Crippen LogP contribution in [0.25, 0.3) is 10.4 Å². The first-order valence-electron chi connectivity index (χ1n) is 5.17. The molecule has 0 aromatic carbocycles. The molecule has 0 saturated carbocycles. The smallest absolute Gasteiger partial charge is 0.323 e. The van der Waals surface area contributed by atoms with Gasteiger partial charge in [0.2, 0.25) is 0 Å². The van der Waals surface area contributed by atoms with Gasteiger partial charge < -0.3 is 10.1 Å². The van der Waals surface area contributed by atoms with Crippen molar-refractivity contribution in [3.05, 3.63) is 10.4 Å². The standard InChI is InChI=1S/C9H18N4O2/c1-3-8(9(14)15-4-2)11-6-5-7-12-13-10/h8,11H,3-7H2,1-2H3. The SMILES string of the molecule is CCOC(=O)C(CC)NCCCN=[N+]=[N-]. The summed E-state index contributed by atoms with van der Waals surface area (Å²) in [5.74, 6) is -0.219. The van der Waals surface area contributed by atoms with Crippen molar-refractivity contribution in [2.75, 3.05) is 19.7 Å². The highest BCUT2D eigenvalue weighted by Gasteiger charge is 2.15. The second-order valence-electron chi connectivity index (χ2n) is 2.98. The molecule has 0 saturated heterocycles. The predicted molar refractivity (Wildman–Crippen MR) is 57.3 cm³/mol. The van der Waals surface area contributed by atoms with Gasteiger partial charge in [-0.2, -0.15) is 0 Å². The molecular formula is C9H18N4O2. The third-order valence-corrected chi connectivity index (χ3v) is 1.87. The number of hydrogen-bond donors (Lipinski definition) is 1. The van der Waals surface area contributed by atoms with E-state index in [1.807, 2.05) is 6.92 Å². The second kappa shape index (κ2) is 9.30. The lowest BCUT2D eigenvalue weighted by Crippen LogP contribution is -2.38. The van der Waals surface area contributed by atoms with E-state index in [1.165, 1.54) is 0 Å². The van der Waals surface area contributed by atoms with Crippen LogP contribution in [0.5, 0.6) is 0 Å². The largest absolute Gasteiger partial charge is 0.465 e. The maximum Gasteiger partial charge on any atom is 0.323 e. The predicted octanol–water partition coefficient (Wildman–Crippen LogP) is 1.62. The van der Waals surface area contributed by atoms with Crippen molar-refractivity contribution >= 4 is 5.97 Å². The summed E-state index contributed by atoms with van der Waals surface area (Å²) in [5, 5.41) is 6.46. The van der Waals surface area contributed by atoms with Gasteiger partial charge >= 0.3 is 5.97 Å². The molecule has 0 fully saturated rings. The highest BCUT2D eigenvalue weighted by Crippen LogP contribution is 1.95. The fourth-order valence-electron chi connectivity index (χ4n) is 1.11. The van der Waals surface area contributed by atoms with E-state index in [9.17, 15) is 4.79 Å². The maximum absolute atomic E-state index is 11.3. The minimum atomic E-state index is -0.254. The molecule has 6 nitrogen and oxygen atoms in total. The molecule has 0 aromatic rings. The topological polar surface area (TPSA) is 87.1 Å². The molecule has 0 radical (unpaired) electrons. The van der Waals surface area contributed by atoms with Crippen LogP contribution in [0.2, 0.25) is 0 Å². The summed E-state index contributed by atoms with van der Waals surface area (Å²) in [4.78, 5) is 14.0. The average Bonchev–Trinajstić information content (AvgIpc) is 2.23. The van der Waals surface area contributed by atoms with Gasteiger partial charge in [-0.25, -0.2) is 0 Å². The van der Waals surface area contributed by atoms with Gasteiger partial charge in [0.25, 0.3) is 0 Å². The lowest BCUT2D eigenvalue weighted by molar-refractivity contribution is -0.145. The number of ether oxygens (including phenoxy) is 1.